The van der Waals surface area contributed by atoms with Crippen LogP contribution in [0.25, 0.3) is 0 Å². The summed E-state index contributed by atoms with van der Waals surface area (Å²) in [6.07, 6.45) is -0.232. The third-order valence-corrected chi connectivity index (χ3v) is 5.56. The molecule has 2 N–H and O–H groups in total. The predicted molar refractivity (Wildman–Crippen MR) is 119 cm³/mol. The molecule has 6 nitrogen and oxygen atoms in total. The van der Waals surface area contributed by atoms with Gasteiger partial charge in [0.25, 0.3) is 5.91 Å². The van der Waals surface area contributed by atoms with Crippen LogP contribution in [0.1, 0.15) is 32.6 Å². The van der Waals surface area contributed by atoms with Crippen LogP contribution in [0.4, 0.5) is 0 Å². The molecule has 0 aromatic heterocycles. The van der Waals surface area contributed by atoms with Gasteiger partial charge in [0.1, 0.15) is 0 Å². The van der Waals surface area contributed by atoms with Gasteiger partial charge in [-0.1, -0.05) is 65.7 Å². The number of hydrogen-bond donors (Lipinski definition) is 2. The number of amides is 1. The van der Waals surface area contributed by atoms with Gasteiger partial charge in [-0.15, -0.1) is 0 Å². The molecule has 0 bridgehead atoms. The number of benzene rings is 3. The molecule has 0 aliphatic carbocycles. The van der Waals surface area contributed by atoms with Crippen molar-refractivity contribution in [3.63, 3.8) is 0 Å². The van der Waals surface area contributed by atoms with Gasteiger partial charge >= 0.3 is 5.97 Å². The molecule has 8 heteroatoms. The van der Waals surface area contributed by atoms with E-state index in [1.807, 2.05) is 12.1 Å². The first-order valence-corrected chi connectivity index (χ1v) is 10.1. The highest BCUT2D eigenvalue weighted by Gasteiger charge is 2.46. The van der Waals surface area contributed by atoms with Gasteiger partial charge in [-0.2, -0.15) is 10.5 Å². The predicted octanol–water partition coefficient (Wildman–Crippen LogP) is 4.69. The highest BCUT2D eigenvalue weighted by molar-refractivity contribution is 6.39. The maximum atomic E-state index is 13.3. The van der Waals surface area contributed by atoms with E-state index in [9.17, 15) is 25.2 Å². The number of carbonyl (C=O) groups excluding carboxylic acids is 1. The summed E-state index contributed by atoms with van der Waals surface area (Å²) in [7, 11) is 0. The number of hydrogen-bond acceptors (Lipinski definition) is 4. The lowest BCUT2D eigenvalue weighted by molar-refractivity contribution is -0.145. The lowest BCUT2D eigenvalue weighted by atomic mass is 9.78. The van der Waals surface area contributed by atoms with Crippen molar-refractivity contribution in [2.24, 2.45) is 0 Å². The van der Waals surface area contributed by atoms with E-state index in [4.69, 9.17) is 23.2 Å². The van der Waals surface area contributed by atoms with Gasteiger partial charge in [0.05, 0.1) is 38.9 Å². The van der Waals surface area contributed by atoms with Crippen molar-refractivity contribution in [2.45, 2.75) is 12.0 Å². The number of carboxylic acids is 1. The van der Waals surface area contributed by atoms with E-state index in [-0.39, 0.29) is 38.7 Å². The molecule has 3 rings (SSSR count). The van der Waals surface area contributed by atoms with Crippen molar-refractivity contribution in [1.82, 2.24) is 5.32 Å². The van der Waals surface area contributed by atoms with Crippen LogP contribution < -0.4 is 5.32 Å². The van der Waals surface area contributed by atoms with Crippen LogP contribution >= 0.6 is 23.2 Å². The molecule has 3 aromatic carbocycles. The van der Waals surface area contributed by atoms with Gasteiger partial charge < -0.3 is 10.4 Å². The van der Waals surface area contributed by atoms with Crippen molar-refractivity contribution in [3.8, 4) is 12.1 Å². The Morgan fingerprint density at radius 2 is 1.41 bits per heavy atom. The number of nitrogens with zero attached hydrogens (tertiary/aromatic N) is 2. The molecule has 0 aliphatic heterocycles. The number of aliphatic carboxylic acids is 1. The van der Waals surface area contributed by atoms with E-state index >= 15 is 0 Å². The SMILES string of the molecule is N#Cc1cccc(C#N)c1[C@@](Cc1ccccc1)(NC(=O)c1c(Cl)cccc1Cl)C(=O)O. The van der Waals surface area contributed by atoms with Crippen LogP contribution in [-0.4, -0.2) is 17.0 Å². The molecule has 0 radical (unpaired) electrons. The molecule has 0 spiro atoms. The largest absolute Gasteiger partial charge is 0.479 e. The Balaban J connectivity index is 2.29. The summed E-state index contributed by atoms with van der Waals surface area (Å²) in [4.78, 5) is 26.1. The summed E-state index contributed by atoms with van der Waals surface area (Å²) in [5, 5.41) is 32.4. The van der Waals surface area contributed by atoms with Crippen LogP contribution in [0, 0.1) is 22.7 Å². The molecule has 0 saturated heterocycles. The number of carboxylic acid groups (broad SMARTS) is 1. The molecule has 0 aliphatic rings. The first kappa shape index (κ1) is 22.8. The van der Waals surface area contributed by atoms with Gasteiger partial charge in [-0.3, -0.25) is 4.79 Å². The third-order valence-electron chi connectivity index (χ3n) is 4.93. The van der Waals surface area contributed by atoms with E-state index in [2.05, 4.69) is 5.32 Å². The lowest BCUT2D eigenvalue weighted by Crippen LogP contribution is -2.54. The minimum Gasteiger partial charge on any atom is -0.479 e. The molecule has 3 aromatic rings. The summed E-state index contributed by atoms with van der Waals surface area (Å²) in [5.41, 5.74) is -1.91. The summed E-state index contributed by atoms with van der Waals surface area (Å²) >= 11 is 12.3. The van der Waals surface area contributed by atoms with E-state index in [1.54, 1.807) is 36.4 Å². The minimum atomic E-state index is -2.15. The first-order chi connectivity index (χ1) is 15.3. The fraction of sp³-hybridized carbons (Fsp3) is 0.0833. The van der Waals surface area contributed by atoms with Gasteiger partial charge in [0, 0.05) is 12.0 Å². The van der Waals surface area contributed by atoms with Crippen molar-refractivity contribution in [2.75, 3.05) is 0 Å². The second-order valence-corrected chi connectivity index (χ2v) is 7.69. The zero-order chi connectivity index (χ0) is 23.3. The van der Waals surface area contributed by atoms with E-state index in [0.717, 1.165) is 0 Å². The number of carbonyl (C=O) groups is 2. The fourth-order valence-corrected chi connectivity index (χ4v) is 4.07. The number of halogens is 2. The van der Waals surface area contributed by atoms with E-state index < -0.39 is 17.4 Å². The van der Waals surface area contributed by atoms with Crippen molar-refractivity contribution in [1.29, 1.82) is 10.5 Å². The van der Waals surface area contributed by atoms with Gasteiger partial charge in [0.15, 0.2) is 5.54 Å². The average Bonchev–Trinajstić information content (AvgIpc) is 2.78. The molecular formula is C24H15Cl2N3O3. The van der Waals surface area contributed by atoms with Crippen molar-refractivity contribution in [3.05, 3.63) is 105 Å². The van der Waals surface area contributed by atoms with Crippen LogP contribution in [0.2, 0.25) is 10.0 Å². The molecule has 0 fully saturated rings. The molecule has 1 amide bonds. The normalized spacial score (nSPS) is 12.1. The Kier molecular flexibility index (Phi) is 6.80. The second-order valence-electron chi connectivity index (χ2n) is 6.88. The smallest absolute Gasteiger partial charge is 0.334 e. The van der Waals surface area contributed by atoms with Gasteiger partial charge in [-0.25, -0.2) is 4.79 Å². The summed E-state index contributed by atoms with van der Waals surface area (Å²) < 4.78 is 0. The zero-order valence-corrected chi connectivity index (χ0v) is 18.0. The van der Waals surface area contributed by atoms with Crippen molar-refractivity contribution >= 4 is 35.1 Å². The maximum Gasteiger partial charge on any atom is 0.334 e. The number of nitriles is 2. The first-order valence-electron chi connectivity index (χ1n) is 9.31. The Bertz CT molecular complexity index is 1230. The molecule has 0 saturated carbocycles. The minimum absolute atomic E-state index is 0.0306. The zero-order valence-electron chi connectivity index (χ0n) is 16.5. The average molecular weight is 464 g/mol. The highest BCUT2D eigenvalue weighted by atomic mass is 35.5. The Morgan fingerprint density at radius 1 is 0.875 bits per heavy atom. The van der Waals surface area contributed by atoms with E-state index in [1.165, 1.54) is 30.3 Å². The monoisotopic (exact) mass is 463 g/mol. The Morgan fingerprint density at radius 3 is 1.91 bits per heavy atom. The van der Waals surface area contributed by atoms with Gasteiger partial charge in [0.2, 0.25) is 0 Å². The quantitative estimate of drug-likeness (QED) is 0.550. The fourth-order valence-electron chi connectivity index (χ4n) is 3.50. The summed E-state index contributed by atoms with van der Waals surface area (Å²) in [6, 6.07) is 21.2. The van der Waals surface area contributed by atoms with Crippen LogP contribution in [0.5, 0.6) is 0 Å². The van der Waals surface area contributed by atoms with E-state index in [0.29, 0.717) is 5.56 Å². The molecule has 158 valence electrons. The van der Waals surface area contributed by atoms with Crippen molar-refractivity contribution < 1.29 is 14.7 Å². The molecule has 0 heterocycles. The third kappa shape index (κ3) is 4.29. The summed E-state index contributed by atoms with van der Waals surface area (Å²) in [6.45, 7) is 0. The Hall–Kier alpha value is -3.84. The Labute approximate surface area is 194 Å². The van der Waals surface area contributed by atoms with Crippen LogP contribution in [0.3, 0.4) is 0 Å². The number of nitrogens with one attached hydrogen (secondary N) is 1. The highest BCUT2D eigenvalue weighted by Crippen LogP contribution is 2.34. The topological polar surface area (TPSA) is 114 Å². The maximum absolute atomic E-state index is 13.3. The van der Waals surface area contributed by atoms with Crippen LogP contribution in [-0.2, 0) is 16.8 Å². The molecule has 32 heavy (non-hydrogen) atoms. The van der Waals surface area contributed by atoms with Crippen LogP contribution in [0.15, 0.2) is 66.7 Å². The summed E-state index contributed by atoms with van der Waals surface area (Å²) in [5.74, 6) is -2.30. The molecule has 1 atom stereocenters. The number of rotatable bonds is 6. The lowest BCUT2D eigenvalue weighted by Gasteiger charge is -2.33. The standard InChI is InChI=1S/C24H15Cl2N3O3/c25-18-10-5-11-19(26)20(18)22(30)29-24(23(31)32,12-15-6-2-1-3-7-15)21-16(13-27)8-4-9-17(21)14-28/h1-11H,12H2,(H,29,30)(H,31,32)/t24-/m1/s1. The second kappa shape index (κ2) is 9.53. The van der Waals surface area contributed by atoms with Gasteiger partial charge in [-0.05, 0) is 29.8 Å². The molecular weight excluding hydrogens is 449 g/mol. The molecule has 0 unspecified atom stereocenters.